The fourth-order valence-corrected chi connectivity index (χ4v) is 2.22. The highest BCUT2D eigenvalue weighted by Gasteiger charge is 2.16. The summed E-state index contributed by atoms with van der Waals surface area (Å²) in [6.07, 6.45) is 2.78. The molecule has 9 nitrogen and oxygen atoms in total. The SMILES string of the molecule is COc1cc(O)c(-c2cc(Nc3cnc(C#N)cn3)n[nH]2)c(OC)c1. The van der Waals surface area contributed by atoms with Crippen molar-refractivity contribution < 1.29 is 14.6 Å². The molecule has 0 unspecified atom stereocenters. The highest BCUT2D eigenvalue weighted by Crippen LogP contribution is 2.40. The molecule has 25 heavy (non-hydrogen) atoms. The van der Waals surface area contributed by atoms with Crippen LogP contribution < -0.4 is 14.8 Å². The molecule has 3 N–H and O–H groups in total. The van der Waals surface area contributed by atoms with Gasteiger partial charge >= 0.3 is 0 Å². The molecule has 0 atom stereocenters. The Hall–Kier alpha value is -3.80. The van der Waals surface area contributed by atoms with Gasteiger partial charge in [-0.15, -0.1) is 0 Å². The lowest BCUT2D eigenvalue weighted by atomic mass is 10.1. The molecule has 1 aromatic carbocycles. The van der Waals surface area contributed by atoms with Crippen molar-refractivity contribution in [3.05, 3.63) is 36.3 Å². The number of anilines is 2. The third kappa shape index (κ3) is 3.28. The van der Waals surface area contributed by atoms with Crippen LogP contribution >= 0.6 is 0 Å². The van der Waals surface area contributed by atoms with Gasteiger partial charge in [-0.25, -0.2) is 9.97 Å². The van der Waals surface area contributed by atoms with Crippen LogP contribution in [0.2, 0.25) is 0 Å². The number of nitrogens with zero attached hydrogens (tertiary/aromatic N) is 4. The number of ether oxygens (including phenoxy) is 2. The number of hydrogen-bond acceptors (Lipinski definition) is 8. The van der Waals surface area contributed by atoms with E-state index in [0.717, 1.165) is 0 Å². The van der Waals surface area contributed by atoms with E-state index in [-0.39, 0.29) is 11.4 Å². The smallest absolute Gasteiger partial charge is 0.158 e. The van der Waals surface area contributed by atoms with Gasteiger partial charge in [-0.1, -0.05) is 0 Å². The monoisotopic (exact) mass is 338 g/mol. The van der Waals surface area contributed by atoms with E-state index in [9.17, 15) is 5.11 Å². The molecule has 2 heterocycles. The number of H-pyrrole nitrogens is 1. The lowest BCUT2D eigenvalue weighted by molar-refractivity contribution is 0.386. The summed E-state index contributed by atoms with van der Waals surface area (Å²) in [5, 5.41) is 28.9. The van der Waals surface area contributed by atoms with E-state index in [4.69, 9.17) is 14.7 Å². The first-order chi connectivity index (χ1) is 12.1. The van der Waals surface area contributed by atoms with Crippen LogP contribution in [0.15, 0.2) is 30.6 Å². The number of hydrogen-bond donors (Lipinski definition) is 3. The van der Waals surface area contributed by atoms with Crippen LogP contribution in [0.3, 0.4) is 0 Å². The van der Waals surface area contributed by atoms with E-state index < -0.39 is 0 Å². The van der Waals surface area contributed by atoms with Gasteiger partial charge in [0.25, 0.3) is 0 Å². The third-order valence-corrected chi connectivity index (χ3v) is 3.38. The van der Waals surface area contributed by atoms with E-state index in [1.165, 1.54) is 32.7 Å². The number of phenolic OH excluding ortho intramolecular Hbond substituents is 1. The van der Waals surface area contributed by atoms with Crippen LogP contribution in [0.4, 0.5) is 11.6 Å². The van der Waals surface area contributed by atoms with Crippen molar-refractivity contribution in [3.63, 3.8) is 0 Å². The second-order valence-corrected chi connectivity index (χ2v) is 4.91. The molecule has 0 aliphatic rings. The zero-order valence-corrected chi connectivity index (χ0v) is 13.4. The minimum Gasteiger partial charge on any atom is -0.507 e. The van der Waals surface area contributed by atoms with Crippen molar-refractivity contribution in [2.24, 2.45) is 0 Å². The van der Waals surface area contributed by atoms with Crippen LogP contribution in [0.25, 0.3) is 11.3 Å². The van der Waals surface area contributed by atoms with Gasteiger partial charge in [0, 0.05) is 18.2 Å². The second kappa shape index (κ2) is 6.76. The maximum atomic E-state index is 10.3. The number of aromatic hydroxyl groups is 1. The highest BCUT2D eigenvalue weighted by atomic mass is 16.5. The van der Waals surface area contributed by atoms with Crippen molar-refractivity contribution in [3.8, 4) is 34.6 Å². The maximum Gasteiger partial charge on any atom is 0.158 e. The molecule has 0 spiro atoms. The Bertz CT molecular complexity index is 930. The number of nitrogens with one attached hydrogen (secondary N) is 2. The molecule has 0 amide bonds. The minimum absolute atomic E-state index is 0.00966. The first kappa shape index (κ1) is 16.1. The Labute approximate surface area is 142 Å². The van der Waals surface area contributed by atoms with Crippen molar-refractivity contribution >= 4 is 11.6 Å². The maximum absolute atomic E-state index is 10.3. The average molecular weight is 338 g/mol. The third-order valence-electron chi connectivity index (χ3n) is 3.38. The zero-order valence-electron chi connectivity index (χ0n) is 13.4. The number of benzene rings is 1. The fourth-order valence-electron chi connectivity index (χ4n) is 2.22. The largest absolute Gasteiger partial charge is 0.507 e. The molecule has 0 aliphatic carbocycles. The summed E-state index contributed by atoms with van der Waals surface area (Å²) in [7, 11) is 3.00. The summed E-state index contributed by atoms with van der Waals surface area (Å²) in [6, 6.07) is 6.73. The van der Waals surface area contributed by atoms with E-state index in [1.807, 2.05) is 6.07 Å². The Kier molecular flexibility index (Phi) is 4.34. The molecule has 0 radical (unpaired) electrons. The quantitative estimate of drug-likeness (QED) is 0.645. The van der Waals surface area contributed by atoms with Gasteiger partial charge in [-0.2, -0.15) is 10.4 Å². The summed E-state index contributed by atoms with van der Waals surface area (Å²) in [4.78, 5) is 7.98. The van der Waals surface area contributed by atoms with Crippen LogP contribution in [0.5, 0.6) is 17.2 Å². The van der Waals surface area contributed by atoms with Crippen molar-refractivity contribution in [1.82, 2.24) is 20.2 Å². The molecular weight excluding hydrogens is 324 g/mol. The minimum atomic E-state index is -0.00966. The number of nitriles is 1. The molecule has 0 saturated carbocycles. The van der Waals surface area contributed by atoms with Crippen LogP contribution in [-0.4, -0.2) is 39.5 Å². The molecule has 0 bridgehead atoms. The molecule has 126 valence electrons. The van der Waals surface area contributed by atoms with Crippen molar-refractivity contribution in [2.75, 3.05) is 19.5 Å². The molecule has 0 saturated heterocycles. The Morgan fingerprint density at radius 2 is 1.96 bits per heavy atom. The van der Waals surface area contributed by atoms with Gasteiger partial charge in [0.15, 0.2) is 11.5 Å². The van der Waals surface area contributed by atoms with Gasteiger partial charge in [-0.05, 0) is 0 Å². The van der Waals surface area contributed by atoms with Gasteiger partial charge in [0.1, 0.15) is 29.1 Å². The normalized spacial score (nSPS) is 10.1. The van der Waals surface area contributed by atoms with Crippen molar-refractivity contribution in [1.29, 1.82) is 5.26 Å². The molecule has 0 fully saturated rings. The molecule has 9 heteroatoms. The number of rotatable bonds is 5. The lowest BCUT2D eigenvalue weighted by Crippen LogP contribution is -1.95. The Balaban J connectivity index is 1.89. The van der Waals surface area contributed by atoms with Crippen LogP contribution in [-0.2, 0) is 0 Å². The average Bonchev–Trinajstić information content (AvgIpc) is 3.09. The molecule has 3 aromatic rings. The molecule has 2 aromatic heterocycles. The van der Waals surface area contributed by atoms with E-state index >= 15 is 0 Å². The molecule has 3 rings (SSSR count). The topological polar surface area (TPSA) is 129 Å². The first-order valence-corrected chi connectivity index (χ1v) is 7.14. The van der Waals surface area contributed by atoms with Gasteiger partial charge in [-0.3, -0.25) is 5.10 Å². The second-order valence-electron chi connectivity index (χ2n) is 4.91. The van der Waals surface area contributed by atoms with Crippen LogP contribution in [0.1, 0.15) is 5.69 Å². The first-order valence-electron chi connectivity index (χ1n) is 7.14. The molecular formula is C16H14N6O3. The van der Waals surface area contributed by atoms with E-state index in [0.29, 0.717) is 34.4 Å². The lowest BCUT2D eigenvalue weighted by Gasteiger charge is -2.11. The fraction of sp³-hybridized carbons (Fsp3) is 0.125. The van der Waals surface area contributed by atoms with Gasteiger partial charge in [0.05, 0.1) is 37.9 Å². The van der Waals surface area contributed by atoms with E-state index in [1.54, 1.807) is 12.1 Å². The number of phenols is 1. The number of aromatic nitrogens is 4. The van der Waals surface area contributed by atoms with Gasteiger partial charge in [0.2, 0.25) is 0 Å². The summed E-state index contributed by atoms with van der Waals surface area (Å²) in [5.74, 6) is 1.80. The summed E-state index contributed by atoms with van der Waals surface area (Å²) in [6.45, 7) is 0. The van der Waals surface area contributed by atoms with Gasteiger partial charge < -0.3 is 19.9 Å². The number of methoxy groups -OCH3 is 2. The summed E-state index contributed by atoms with van der Waals surface area (Å²) in [5.41, 5.74) is 1.22. The summed E-state index contributed by atoms with van der Waals surface area (Å²) >= 11 is 0. The van der Waals surface area contributed by atoms with Crippen molar-refractivity contribution in [2.45, 2.75) is 0 Å². The predicted molar refractivity (Wildman–Crippen MR) is 88.8 cm³/mol. The Morgan fingerprint density at radius 1 is 1.12 bits per heavy atom. The summed E-state index contributed by atoms with van der Waals surface area (Å²) < 4.78 is 10.4. The number of aromatic amines is 1. The van der Waals surface area contributed by atoms with Crippen LogP contribution in [0, 0.1) is 11.3 Å². The zero-order chi connectivity index (χ0) is 17.8. The highest BCUT2D eigenvalue weighted by molar-refractivity contribution is 5.77. The standard InChI is InChI=1S/C16H14N6O3/c1-24-10-3-12(23)16(13(4-10)25-2)11-5-14(22-21-11)20-15-8-18-9(6-17)7-19-15/h3-5,7-8,23H,1-2H3,(H2,19,20,21,22). The Morgan fingerprint density at radius 3 is 2.60 bits per heavy atom. The van der Waals surface area contributed by atoms with E-state index in [2.05, 4.69) is 25.5 Å². The molecule has 0 aliphatic heterocycles. The predicted octanol–water partition coefficient (Wildman–Crippen LogP) is 2.20.